The molecule has 0 unspecified atom stereocenters. The van der Waals surface area contributed by atoms with Gasteiger partial charge in [-0.2, -0.15) is 0 Å². The molecule has 21 heavy (non-hydrogen) atoms. The third kappa shape index (κ3) is 2.77. The number of thiazole rings is 1. The molecule has 0 saturated heterocycles. The summed E-state index contributed by atoms with van der Waals surface area (Å²) in [5, 5.41) is 1.35. The van der Waals surface area contributed by atoms with Gasteiger partial charge in [0, 0.05) is 17.1 Å². The van der Waals surface area contributed by atoms with Crippen molar-refractivity contribution < 1.29 is 4.79 Å². The minimum atomic E-state index is -0.0387. The second-order valence-electron chi connectivity index (χ2n) is 4.52. The van der Waals surface area contributed by atoms with Gasteiger partial charge in [0.25, 0.3) is 5.91 Å². The lowest BCUT2D eigenvalue weighted by atomic mass is 10.2. The SMILES string of the molecule is CCN(C(=O)c1ccccc1)c1nc2cc(Cl)ccc2s1. The predicted molar refractivity (Wildman–Crippen MR) is 88.4 cm³/mol. The fourth-order valence-electron chi connectivity index (χ4n) is 2.11. The zero-order chi connectivity index (χ0) is 14.8. The predicted octanol–water partition coefficient (Wildman–Crippen LogP) is 4.62. The van der Waals surface area contributed by atoms with Crippen molar-refractivity contribution in [2.75, 3.05) is 11.4 Å². The number of carbonyl (C=O) groups is 1. The molecule has 0 atom stereocenters. The number of aromatic nitrogens is 1. The summed E-state index contributed by atoms with van der Waals surface area (Å²) in [5.74, 6) is -0.0387. The van der Waals surface area contributed by atoms with Crippen LogP contribution in [-0.2, 0) is 0 Å². The van der Waals surface area contributed by atoms with Gasteiger partial charge >= 0.3 is 0 Å². The molecule has 0 aliphatic carbocycles. The van der Waals surface area contributed by atoms with Crippen LogP contribution < -0.4 is 4.90 Å². The first kappa shape index (κ1) is 14.0. The third-order valence-electron chi connectivity index (χ3n) is 3.15. The van der Waals surface area contributed by atoms with Crippen molar-refractivity contribution in [2.45, 2.75) is 6.92 Å². The molecule has 0 aliphatic rings. The Labute approximate surface area is 131 Å². The summed E-state index contributed by atoms with van der Waals surface area (Å²) in [4.78, 5) is 18.8. The van der Waals surface area contributed by atoms with Gasteiger partial charge in [-0.3, -0.25) is 9.69 Å². The molecule has 106 valence electrons. The van der Waals surface area contributed by atoms with Crippen molar-refractivity contribution >= 4 is 44.2 Å². The number of anilines is 1. The van der Waals surface area contributed by atoms with E-state index in [0.717, 1.165) is 10.2 Å². The minimum absolute atomic E-state index is 0.0387. The number of nitrogens with zero attached hydrogens (tertiary/aromatic N) is 2. The van der Waals surface area contributed by atoms with Crippen LogP contribution in [0.25, 0.3) is 10.2 Å². The molecular formula is C16H13ClN2OS. The highest BCUT2D eigenvalue weighted by atomic mass is 35.5. The summed E-state index contributed by atoms with van der Waals surface area (Å²) >= 11 is 7.48. The van der Waals surface area contributed by atoms with Crippen LogP contribution >= 0.6 is 22.9 Å². The van der Waals surface area contributed by atoms with E-state index in [-0.39, 0.29) is 5.91 Å². The van der Waals surface area contributed by atoms with Gasteiger partial charge in [-0.15, -0.1) is 0 Å². The quantitative estimate of drug-likeness (QED) is 0.706. The molecule has 1 amide bonds. The largest absolute Gasteiger partial charge is 0.284 e. The van der Waals surface area contributed by atoms with Gasteiger partial charge < -0.3 is 0 Å². The molecule has 1 aromatic heterocycles. The number of hydrogen-bond donors (Lipinski definition) is 0. The van der Waals surface area contributed by atoms with Crippen LogP contribution in [0.15, 0.2) is 48.5 Å². The Morgan fingerprint density at radius 2 is 2.00 bits per heavy atom. The Hall–Kier alpha value is -1.91. The Morgan fingerprint density at radius 1 is 1.24 bits per heavy atom. The standard InChI is InChI=1S/C16H13ClN2OS/c1-2-19(15(20)11-6-4-3-5-7-11)16-18-13-10-12(17)8-9-14(13)21-16/h3-10H,2H2,1H3. The lowest BCUT2D eigenvalue weighted by Gasteiger charge is -2.17. The molecule has 3 rings (SSSR count). The molecule has 0 radical (unpaired) electrons. The molecule has 0 bridgehead atoms. The molecule has 3 nitrogen and oxygen atoms in total. The monoisotopic (exact) mass is 316 g/mol. The van der Waals surface area contributed by atoms with Gasteiger partial charge in [0.1, 0.15) is 0 Å². The number of rotatable bonds is 3. The molecule has 0 N–H and O–H groups in total. The van der Waals surface area contributed by atoms with Crippen molar-refractivity contribution in [3.63, 3.8) is 0 Å². The summed E-state index contributed by atoms with van der Waals surface area (Å²) in [7, 11) is 0. The van der Waals surface area contributed by atoms with Crippen LogP contribution in [0, 0.1) is 0 Å². The van der Waals surface area contributed by atoms with Gasteiger partial charge in [0.2, 0.25) is 0 Å². The third-order valence-corrected chi connectivity index (χ3v) is 4.45. The Balaban J connectivity index is 2.00. The molecule has 0 aliphatic heterocycles. The van der Waals surface area contributed by atoms with Crippen LogP contribution in [-0.4, -0.2) is 17.4 Å². The van der Waals surface area contributed by atoms with E-state index in [9.17, 15) is 4.79 Å². The van der Waals surface area contributed by atoms with E-state index in [0.29, 0.717) is 22.3 Å². The maximum absolute atomic E-state index is 12.6. The van der Waals surface area contributed by atoms with Crippen molar-refractivity contribution in [1.82, 2.24) is 4.98 Å². The normalized spacial score (nSPS) is 10.8. The second kappa shape index (κ2) is 5.84. The van der Waals surface area contributed by atoms with Gasteiger partial charge in [0.05, 0.1) is 10.2 Å². The van der Waals surface area contributed by atoms with Crippen LogP contribution in [0.2, 0.25) is 5.02 Å². The zero-order valence-corrected chi connectivity index (χ0v) is 13.0. The average molecular weight is 317 g/mol. The summed E-state index contributed by atoms with van der Waals surface area (Å²) in [6, 6.07) is 14.8. The summed E-state index contributed by atoms with van der Waals surface area (Å²) < 4.78 is 1.02. The lowest BCUT2D eigenvalue weighted by Crippen LogP contribution is -2.30. The minimum Gasteiger partial charge on any atom is -0.284 e. The van der Waals surface area contributed by atoms with E-state index in [1.165, 1.54) is 11.3 Å². The molecule has 2 aromatic carbocycles. The van der Waals surface area contributed by atoms with E-state index < -0.39 is 0 Å². The Morgan fingerprint density at radius 3 is 2.71 bits per heavy atom. The van der Waals surface area contributed by atoms with Crippen LogP contribution in [0.3, 0.4) is 0 Å². The lowest BCUT2D eigenvalue weighted by molar-refractivity contribution is 0.0988. The maximum Gasteiger partial charge on any atom is 0.260 e. The highest BCUT2D eigenvalue weighted by molar-refractivity contribution is 7.22. The first-order valence-corrected chi connectivity index (χ1v) is 7.81. The molecular weight excluding hydrogens is 304 g/mol. The van der Waals surface area contributed by atoms with E-state index in [1.807, 2.05) is 55.5 Å². The molecule has 1 heterocycles. The van der Waals surface area contributed by atoms with Gasteiger partial charge in [-0.25, -0.2) is 4.98 Å². The van der Waals surface area contributed by atoms with E-state index in [2.05, 4.69) is 4.98 Å². The number of carbonyl (C=O) groups excluding carboxylic acids is 1. The first-order chi connectivity index (χ1) is 10.2. The molecule has 0 saturated carbocycles. The van der Waals surface area contributed by atoms with Gasteiger partial charge in [-0.1, -0.05) is 41.1 Å². The molecule has 3 aromatic rings. The molecule has 0 fully saturated rings. The van der Waals surface area contributed by atoms with Crippen molar-refractivity contribution in [2.24, 2.45) is 0 Å². The molecule has 0 spiro atoms. The highest BCUT2D eigenvalue weighted by Gasteiger charge is 2.19. The van der Waals surface area contributed by atoms with E-state index in [4.69, 9.17) is 11.6 Å². The topological polar surface area (TPSA) is 33.2 Å². The number of hydrogen-bond acceptors (Lipinski definition) is 3. The summed E-state index contributed by atoms with van der Waals surface area (Å²) in [6.45, 7) is 2.52. The van der Waals surface area contributed by atoms with Crippen LogP contribution in [0.5, 0.6) is 0 Å². The number of amides is 1. The number of benzene rings is 2. The van der Waals surface area contributed by atoms with Crippen LogP contribution in [0.4, 0.5) is 5.13 Å². The van der Waals surface area contributed by atoms with E-state index in [1.54, 1.807) is 4.90 Å². The maximum atomic E-state index is 12.6. The zero-order valence-electron chi connectivity index (χ0n) is 11.4. The fraction of sp³-hybridized carbons (Fsp3) is 0.125. The summed E-state index contributed by atoms with van der Waals surface area (Å²) in [6.07, 6.45) is 0. The van der Waals surface area contributed by atoms with Crippen molar-refractivity contribution in [3.8, 4) is 0 Å². The smallest absolute Gasteiger partial charge is 0.260 e. The van der Waals surface area contributed by atoms with Crippen molar-refractivity contribution in [1.29, 1.82) is 0 Å². The molecule has 5 heteroatoms. The Bertz CT molecular complexity index is 785. The van der Waals surface area contributed by atoms with Gasteiger partial charge in [-0.05, 0) is 37.3 Å². The number of fused-ring (bicyclic) bond motifs is 1. The Kier molecular flexibility index (Phi) is 3.90. The second-order valence-corrected chi connectivity index (χ2v) is 5.97. The highest BCUT2D eigenvalue weighted by Crippen LogP contribution is 2.31. The summed E-state index contributed by atoms with van der Waals surface area (Å²) in [5.41, 5.74) is 1.48. The van der Waals surface area contributed by atoms with Crippen LogP contribution in [0.1, 0.15) is 17.3 Å². The first-order valence-electron chi connectivity index (χ1n) is 6.62. The average Bonchev–Trinajstić information content (AvgIpc) is 2.91. The van der Waals surface area contributed by atoms with Crippen molar-refractivity contribution in [3.05, 3.63) is 59.1 Å². The van der Waals surface area contributed by atoms with E-state index >= 15 is 0 Å². The van der Waals surface area contributed by atoms with Gasteiger partial charge in [0.15, 0.2) is 5.13 Å². The number of halogens is 1. The fourth-order valence-corrected chi connectivity index (χ4v) is 3.28.